The fourth-order valence-corrected chi connectivity index (χ4v) is 3.18. The van der Waals surface area contributed by atoms with Crippen LogP contribution < -0.4 is 0 Å². The number of hydrogen-bond acceptors (Lipinski definition) is 5. The summed E-state index contributed by atoms with van der Waals surface area (Å²) in [7, 11) is -6.50. The van der Waals surface area contributed by atoms with Gasteiger partial charge in [-0.1, -0.05) is 6.58 Å². The highest BCUT2D eigenvalue weighted by Crippen LogP contribution is 2.49. The number of halogens is 9. The van der Waals surface area contributed by atoms with Gasteiger partial charge in [0.2, 0.25) is 0 Å². The topological polar surface area (TPSA) is 65.1 Å². The number of alkyl halides is 9. The second-order valence-corrected chi connectivity index (χ2v) is 7.28. The molecule has 0 aromatic carbocycles. The molecule has 0 saturated carbocycles. The molecule has 0 unspecified atom stereocenters. The van der Waals surface area contributed by atoms with Crippen LogP contribution in [0.3, 0.4) is 0 Å². The summed E-state index contributed by atoms with van der Waals surface area (Å²) in [6.07, 6.45) is -15.7. The van der Waals surface area contributed by atoms with Crippen LogP contribution in [0.2, 0.25) is 0 Å². The highest BCUT2D eigenvalue weighted by Gasteiger charge is 2.75. The van der Waals surface area contributed by atoms with Crippen LogP contribution in [0.5, 0.6) is 0 Å². The van der Waals surface area contributed by atoms with Crippen molar-refractivity contribution in [3.05, 3.63) is 12.7 Å². The summed E-state index contributed by atoms with van der Waals surface area (Å²) >= 11 is 3.83. The zero-order valence-electron chi connectivity index (χ0n) is 13.2. The lowest BCUT2D eigenvalue weighted by atomic mass is 10.5. The van der Waals surface area contributed by atoms with Crippen molar-refractivity contribution in [2.24, 2.45) is 0 Å². The third kappa shape index (κ3) is 4.48. The molecule has 0 spiro atoms. The van der Waals surface area contributed by atoms with Gasteiger partial charge >= 0.3 is 22.9 Å². The Morgan fingerprint density at radius 2 is 1.70 bits per heavy atom. The van der Waals surface area contributed by atoms with Crippen molar-refractivity contribution in [3.63, 3.8) is 0 Å². The quantitative estimate of drug-likeness (QED) is 0.302. The molecule has 2 atom stereocenters. The van der Waals surface area contributed by atoms with Crippen molar-refractivity contribution < 1.29 is 57.8 Å². The molecule has 1 aliphatic rings. The van der Waals surface area contributed by atoms with Crippen LogP contribution in [-0.2, 0) is 24.2 Å². The van der Waals surface area contributed by atoms with Gasteiger partial charge in [0, 0.05) is 6.61 Å². The van der Waals surface area contributed by atoms with Crippen molar-refractivity contribution in [2.75, 3.05) is 13.2 Å². The summed E-state index contributed by atoms with van der Waals surface area (Å²) < 4.78 is 141. The lowest BCUT2D eigenvalue weighted by Crippen LogP contribution is -2.58. The minimum atomic E-state index is -6.61. The number of hydrogen-bond donors (Lipinski definition) is 0. The first-order valence-corrected chi connectivity index (χ1v) is 8.57. The fourth-order valence-electron chi connectivity index (χ4n) is 1.78. The highest BCUT2D eigenvalue weighted by molar-refractivity contribution is 7.90. The average Bonchev–Trinajstić information content (AvgIpc) is 2.88. The predicted molar refractivity (Wildman–Crippen MR) is 72.8 cm³/mol. The Kier molecular flexibility index (Phi) is 6.83. The fraction of sp³-hybridized carbons (Fsp3) is 0.818. The zero-order chi connectivity index (χ0) is 21.5. The van der Waals surface area contributed by atoms with Crippen molar-refractivity contribution >= 4 is 21.6 Å². The lowest BCUT2D eigenvalue weighted by molar-refractivity contribution is -0.443. The average molecular weight is 458 g/mol. The van der Waals surface area contributed by atoms with Gasteiger partial charge in [0.25, 0.3) is 10.0 Å². The van der Waals surface area contributed by atoms with Crippen LogP contribution in [0.1, 0.15) is 6.92 Å². The SMILES string of the molecule is C=C[C@H]1O[C@@H](OCC)CN1S(=O)(=O)C(F)(F)C(F)(F)OC(F)(F)C(F)(F)Cl. The predicted octanol–water partition coefficient (Wildman–Crippen LogP) is 3.15. The van der Waals surface area contributed by atoms with Gasteiger partial charge in [-0.3, -0.25) is 0 Å². The third-order valence-corrected chi connectivity index (χ3v) is 5.10. The van der Waals surface area contributed by atoms with Crippen LogP contribution in [-0.4, -0.2) is 61.2 Å². The molecule has 1 rings (SSSR count). The second kappa shape index (κ2) is 7.59. The molecule has 0 aromatic rings. The van der Waals surface area contributed by atoms with E-state index in [2.05, 4.69) is 22.9 Å². The first-order chi connectivity index (χ1) is 11.9. The molecular formula is C11H12ClF8NO5S. The maximum atomic E-state index is 13.9. The molecule has 0 radical (unpaired) electrons. The lowest BCUT2D eigenvalue weighted by Gasteiger charge is -2.32. The largest absolute Gasteiger partial charge is 0.449 e. The van der Waals surface area contributed by atoms with Gasteiger partial charge in [-0.15, -0.1) is 0 Å². The Morgan fingerprint density at radius 3 is 2.11 bits per heavy atom. The van der Waals surface area contributed by atoms with E-state index in [1.165, 1.54) is 6.92 Å². The molecule has 1 heterocycles. The normalized spacial score (nSPS) is 23.6. The van der Waals surface area contributed by atoms with Crippen molar-refractivity contribution in [1.29, 1.82) is 0 Å². The number of nitrogens with zero attached hydrogens (tertiary/aromatic N) is 1. The third-order valence-electron chi connectivity index (χ3n) is 3.02. The van der Waals surface area contributed by atoms with Crippen molar-refractivity contribution in [2.45, 2.75) is 42.3 Å². The molecule has 0 amide bonds. The van der Waals surface area contributed by atoms with Crippen LogP contribution in [0.15, 0.2) is 12.7 Å². The van der Waals surface area contributed by atoms with Crippen molar-refractivity contribution in [3.8, 4) is 0 Å². The van der Waals surface area contributed by atoms with Crippen LogP contribution >= 0.6 is 11.6 Å². The maximum absolute atomic E-state index is 13.9. The zero-order valence-corrected chi connectivity index (χ0v) is 14.7. The van der Waals surface area contributed by atoms with Gasteiger partial charge in [0.05, 0.1) is 6.54 Å². The van der Waals surface area contributed by atoms with E-state index >= 15 is 0 Å². The molecule has 0 aliphatic carbocycles. The minimum Gasteiger partial charge on any atom is -0.351 e. The summed E-state index contributed by atoms with van der Waals surface area (Å²) in [5.74, 6) is 0. The first-order valence-electron chi connectivity index (χ1n) is 6.76. The molecule has 0 bridgehead atoms. The van der Waals surface area contributed by atoms with Gasteiger partial charge in [-0.2, -0.15) is 39.4 Å². The van der Waals surface area contributed by atoms with E-state index in [-0.39, 0.29) is 10.9 Å². The van der Waals surface area contributed by atoms with Gasteiger partial charge in [-0.25, -0.2) is 13.2 Å². The van der Waals surface area contributed by atoms with E-state index in [0.29, 0.717) is 6.08 Å². The van der Waals surface area contributed by atoms with Gasteiger partial charge in [0.15, 0.2) is 6.29 Å². The standard InChI is InChI=1S/C11H12ClF8NO5S/c1-3-6-21(5-7(25-6)24-4-2)27(22,23)11(19,20)10(17,18)26-9(15,16)8(12,13)14/h3,6-7H,1,4-5H2,2H3/t6-,7-/m1/s1. The molecular weight excluding hydrogens is 446 g/mol. The molecule has 1 aliphatic heterocycles. The Hall–Kier alpha value is -0.740. The molecule has 1 saturated heterocycles. The molecule has 160 valence electrons. The Balaban J connectivity index is 3.24. The molecule has 16 heteroatoms. The number of rotatable bonds is 9. The van der Waals surface area contributed by atoms with E-state index in [1.54, 1.807) is 0 Å². The van der Waals surface area contributed by atoms with Crippen molar-refractivity contribution in [1.82, 2.24) is 4.31 Å². The Morgan fingerprint density at radius 1 is 1.19 bits per heavy atom. The molecule has 6 nitrogen and oxygen atoms in total. The van der Waals surface area contributed by atoms with Crippen LogP contribution in [0.4, 0.5) is 35.1 Å². The molecule has 27 heavy (non-hydrogen) atoms. The number of sulfonamides is 1. The summed E-state index contributed by atoms with van der Waals surface area (Å²) in [5.41, 5.74) is 0. The molecule has 0 N–H and O–H groups in total. The minimum absolute atomic E-state index is 0.0882. The van der Waals surface area contributed by atoms with E-state index in [4.69, 9.17) is 9.47 Å². The van der Waals surface area contributed by atoms with Crippen LogP contribution in [0, 0.1) is 0 Å². The van der Waals surface area contributed by atoms with E-state index in [1.807, 2.05) is 0 Å². The number of ether oxygens (including phenoxy) is 3. The van der Waals surface area contributed by atoms with Crippen LogP contribution in [0.25, 0.3) is 0 Å². The summed E-state index contributed by atoms with van der Waals surface area (Å²) in [6, 6.07) is 0. The first kappa shape index (κ1) is 24.3. The van der Waals surface area contributed by atoms with E-state index < -0.39 is 51.9 Å². The summed E-state index contributed by atoms with van der Waals surface area (Å²) in [6.45, 7) is 3.33. The smallest absolute Gasteiger partial charge is 0.351 e. The van der Waals surface area contributed by atoms with Gasteiger partial charge in [-0.05, 0) is 24.6 Å². The molecule has 1 fully saturated rings. The monoisotopic (exact) mass is 457 g/mol. The maximum Gasteiger partial charge on any atom is 0.449 e. The van der Waals surface area contributed by atoms with Gasteiger partial charge < -0.3 is 9.47 Å². The van der Waals surface area contributed by atoms with E-state index in [0.717, 1.165) is 0 Å². The second-order valence-electron chi connectivity index (χ2n) is 4.87. The summed E-state index contributed by atoms with van der Waals surface area (Å²) in [5, 5.41) is -12.3. The molecule has 0 aromatic heterocycles. The van der Waals surface area contributed by atoms with Gasteiger partial charge in [0.1, 0.15) is 6.23 Å². The summed E-state index contributed by atoms with van der Waals surface area (Å²) in [4.78, 5) is 0. The highest BCUT2D eigenvalue weighted by atomic mass is 35.5. The van der Waals surface area contributed by atoms with E-state index in [9.17, 15) is 43.5 Å². The Labute approximate surface area is 152 Å². The Bertz CT molecular complexity index is 656.